The molecule has 0 radical (unpaired) electrons. The Labute approximate surface area is 142 Å². The third-order valence-electron chi connectivity index (χ3n) is 3.05. The number of anilines is 1. The summed E-state index contributed by atoms with van der Waals surface area (Å²) in [5.41, 5.74) is -0.141. The van der Waals surface area contributed by atoms with Gasteiger partial charge in [-0.05, 0) is 51.1 Å². The van der Waals surface area contributed by atoms with Gasteiger partial charge in [0.15, 0.2) is 0 Å². The highest BCUT2D eigenvalue weighted by molar-refractivity contribution is 7.89. The maximum atomic E-state index is 12.3. The summed E-state index contributed by atoms with van der Waals surface area (Å²) in [5.74, 6) is 0.528. The Morgan fingerprint density at radius 1 is 1.17 bits per heavy atom. The first-order valence-electron chi connectivity index (χ1n) is 7.62. The first-order chi connectivity index (χ1) is 11.2. The number of sulfonamides is 1. The van der Waals surface area contributed by atoms with Crippen LogP contribution in [0.2, 0.25) is 0 Å². The van der Waals surface area contributed by atoms with Gasteiger partial charge in [0, 0.05) is 24.1 Å². The van der Waals surface area contributed by atoms with Gasteiger partial charge in [0.2, 0.25) is 15.9 Å². The van der Waals surface area contributed by atoms with Crippen LogP contribution in [0.15, 0.2) is 52.0 Å². The highest BCUT2D eigenvalue weighted by Gasteiger charge is 2.22. The molecule has 2 aromatic rings. The topological polar surface area (TPSA) is 88.4 Å². The molecule has 1 heterocycles. The zero-order valence-electron chi connectivity index (χ0n) is 14.0. The predicted octanol–water partition coefficient (Wildman–Crippen LogP) is 2.93. The van der Waals surface area contributed by atoms with Crippen LogP contribution in [0.5, 0.6) is 0 Å². The van der Waals surface area contributed by atoms with Crippen molar-refractivity contribution in [3.8, 4) is 0 Å². The largest absolute Gasteiger partial charge is 0.469 e. The molecule has 24 heavy (non-hydrogen) atoms. The van der Waals surface area contributed by atoms with Gasteiger partial charge in [0.1, 0.15) is 5.76 Å². The standard InChI is InChI=1S/C17H22N2O4S/c1-17(2,3)19-24(21,22)15-8-4-6-13(12-15)18-16(20)10-9-14-7-5-11-23-14/h4-8,11-12,19H,9-10H2,1-3H3,(H,18,20). The van der Waals surface area contributed by atoms with E-state index >= 15 is 0 Å². The maximum absolute atomic E-state index is 12.3. The van der Waals surface area contributed by atoms with E-state index in [-0.39, 0.29) is 17.2 Å². The van der Waals surface area contributed by atoms with E-state index in [0.717, 1.165) is 5.76 Å². The van der Waals surface area contributed by atoms with E-state index in [2.05, 4.69) is 10.0 Å². The smallest absolute Gasteiger partial charge is 0.241 e. The van der Waals surface area contributed by atoms with Crippen LogP contribution in [-0.2, 0) is 21.2 Å². The van der Waals surface area contributed by atoms with Crippen LogP contribution in [0.4, 0.5) is 5.69 Å². The normalized spacial score (nSPS) is 12.1. The first-order valence-corrected chi connectivity index (χ1v) is 9.10. The first kappa shape index (κ1) is 18.2. The zero-order chi connectivity index (χ0) is 17.8. The fourth-order valence-corrected chi connectivity index (χ4v) is 3.58. The number of carbonyl (C=O) groups is 1. The van der Waals surface area contributed by atoms with E-state index in [4.69, 9.17) is 4.42 Å². The molecule has 0 unspecified atom stereocenters. The number of furan rings is 1. The second kappa shape index (κ2) is 7.19. The van der Waals surface area contributed by atoms with Crippen molar-refractivity contribution < 1.29 is 17.6 Å². The molecular weight excluding hydrogens is 328 g/mol. The molecule has 0 spiro atoms. The van der Waals surface area contributed by atoms with Crippen molar-refractivity contribution in [2.45, 2.75) is 44.0 Å². The summed E-state index contributed by atoms with van der Waals surface area (Å²) < 4.78 is 32.4. The highest BCUT2D eigenvalue weighted by atomic mass is 32.2. The van der Waals surface area contributed by atoms with E-state index in [1.54, 1.807) is 51.3 Å². The Hall–Kier alpha value is -2.12. The molecule has 0 saturated carbocycles. The van der Waals surface area contributed by atoms with E-state index in [9.17, 15) is 13.2 Å². The molecule has 2 rings (SSSR count). The van der Waals surface area contributed by atoms with Crippen molar-refractivity contribution in [2.75, 3.05) is 5.32 Å². The molecule has 1 aromatic carbocycles. The number of rotatable bonds is 6. The molecule has 1 aromatic heterocycles. The Balaban J connectivity index is 2.03. The van der Waals surface area contributed by atoms with Crippen molar-refractivity contribution in [1.82, 2.24) is 4.72 Å². The van der Waals surface area contributed by atoms with Crippen molar-refractivity contribution in [1.29, 1.82) is 0 Å². The van der Waals surface area contributed by atoms with Gasteiger partial charge < -0.3 is 9.73 Å². The molecule has 0 aliphatic heterocycles. The summed E-state index contributed by atoms with van der Waals surface area (Å²) in [4.78, 5) is 12.1. The average molecular weight is 350 g/mol. The predicted molar refractivity (Wildman–Crippen MR) is 92.2 cm³/mol. The van der Waals surface area contributed by atoms with Crippen LogP contribution in [0.1, 0.15) is 33.0 Å². The van der Waals surface area contributed by atoms with Gasteiger partial charge in [-0.1, -0.05) is 6.07 Å². The summed E-state index contributed by atoms with van der Waals surface area (Å²) in [5, 5.41) is 2.71. The van der Waals surface area contributed by atoms with Crippen molar-refractivity contribution >= 4 is 21.6 Å². The van der Waals surface area contributed by atoms with Gasteiger partial charge >= 0.3 is 0 Å². The third-order valence-corrected chi connectivity index (χ3v) is 4.80. The SMILES string of the molecule is CC(C)(C)NS(=O)(=O)c1cccc(NC(=O)CCc2ccco2)c1. The van der Waals surface area contributed by atoms with E-state index in [0.29, 0.717) is 12.1 Å². The molecule has 7 heteroatoms. The lowest BCUT2D eigenvalue weighted by molar-refractivity contribution is -0.116. The second-order valence-electron chi connectivity index (χ2n) is 6.51. The lowest BCUT2D eigenvalue weighted by Gasteiger charge is -2.20. The van der Waals surface area contributed by atoms with Gasteiger partial charge in [0.05, 0.1) is 11.2 Å². The number of nitrogens with one attached hydrogen (secondary N) is 2. The van der Waals surface area contributed by atoms with Gasteiger partial charge in [0.25, 0.3) is 0 Å². The molecule has 2 N–H and O–H groups in total. The molecule has 0 fully saturated rings. The van der Waals surface area contributed by atoms with Crippen LogP contribution < -0.4 is 10.0 Å². The molecule has 0 saturated heterocycles. The third kappa shape index (κ3) is 5.50. The Bertz CT molecular complexity index is 790. The molecule has 6 nitrogen and oxygen atoms in total. The van der Waals surface area contributed by atoms with Crippen molar-refractivity contribution in [3.05, 3.63) is 48.4 Å². The van der Waals surface area contributed by atoms with Crippen LogP contribution in [0, 0.1) is 0 Å². The Kier molecular flexibility index (Phi) is 5.46. The summed E-state index contributed by atoms with van der Waals surface area (Å²) in [6.45, 7) is 5.31. The number of carbonyl (C=O) groups excluding carboxylic acids is 1. The second-order valence-corrected chi connectivity index (χ2v) is 8.19. The Morgan fingerprint density at radius 3 is 2.54 bits per heavy atom. The molecule has 130 valence electrons. The molecule has 0 bridgehead atoms. The van der Waals surface area contributed by atoms with Crippen molar-refractivity contribution in [3.63, 3.8) is 0 Å². The van der Waals surface area contributed by atoms with Crippen LogP contribution >= 0.6 is 0 Å². The molecule has 0 aliphatic rings. The molecule has 0 aliphatic carbocycles. The maximum Gasteiger partial charge on any atom is 0.241 e. The highest BCUT2D eigenvalue weighted by Crippen LogP contribution is 2.18. The molecular formula is C17H22N2O4S. The zero-order valence-corrected chi connectivity index (χ0v) is 14.8. The summed E-state index contributed by atoms with van der Waals surface area (Å²) >= 11 is 0. The van der Waals surface area contributed by atoms with Crippen molar-refractivity contribution in [2.24, 2.45) is 0 Å². The number of aryl methyl sites for hydroxylation is 1. The fraction of sp³-hybridized carbons (Fsp3) is 0.353. The van der Waals surface area contributed by atoms with Crippen LogP contribution in [-0.4, -0.2) is 19.9 Å². The molecule has 0 atom stereocenters. The van der Waals surface area contributed by atoms with Gasteiger partial charge in [-0.3, -0.25) is 4.79 Å². The summed E-state index contributed by atoms with van der Waals surface area (Å²) in [7, 11) is -3.64. The van der Waals surface area contributed by atoms with Gasteiger partial charge in [-0.15, -0.1) is 0 Å². The van der Waals surface area contributed by atoms with Gasteiger partial charge in [-0.2, -0.15) is 0 Å². The minimum atomic E-state index is -3.64. The number of amides is 1. The van der Waals surface area contributed by atoms with E-state index < -0.39 is 15.6 Å². The quantitative estimate of drug-likeness (QED) is 0.838. The summed E-state index contributed by atoms with van der Waals surface area (Å²) in [6.07, 6.45) is 2.30. The van der Waals surface area contributed by atoms with E-state index in [1.165, 1.54) is 12.1 Å². The fourth-order valence-electron chi connectivity index (χ4n) is 2.12. The minimum absolute atomic E-state index is 0.112. The average Bonchev–Trinajstić information content (AvgIpc) is 2.96. The number of hydrogen-bond donors (Lipinski definition) is 2. The minimum Gasteiger partial charge on any atom is -0.469 e. The van der Waals surface area contributed by atoms with E-state index in [1.807, 2.05) is 0 Å². The Morgan fingerprint density at radius 2 is 1.92 bits per heavy atom. The number of benzene rings is 1. The monoisotopic (exact) mass is 350 g/mol. The lowest BCUT2D eigenvalue weighted by atomic mass is 10.1. The number of hydrogen-bond acceptors (Lipinski definition) is 4. The van der Waals surface area contributed by atoms with Gasteiger partial charge in [-0.25, -0.2) is 13.1 Å². The summed E-state index contributed by atoms with van der Waals surface area (Å²) in [6, 6.07) is 9.76. The lowest BCUT2D eigenvalue weighted by Crippen LogP contribution is -2.40. The van der Waals surface area contributed by atoms with Crippen LogP contribution in [0.3, 0.4) is 0 Å². The van der Waals surface area contributed by atoms with Crippen LogP contribution in [0.25, 0.3) is 0 Å². The molecule has 1 amide bonds.